The van der Waals surface area contributed by atoms with Crippen LogP contribution < -0.4 is 0 Å². The zero-order valence-corrected chi connectivity index (χ0v) is 60.1. The van der Waals surface area contributed by atoms with Gasteiger partial charge in [0.05, 0.1) is 26.4 Å². The first-order chi connectivity index (χ1) is 46.2. The molecule has 0 bridgehead atoms. The molecule has 95 heavy (non-hydrogen) atoms. The van der Waals surface area contributed by atoms with Crippen molar-refractivity contribution in [1.29, 1.82) is 0 Å². The van der Waals surface area contributed by atoms with Gasteiger partial charge in [-0.25, -0.2) is 9.13 Å². The topological polar surface area (TPSA) is 231 Å². The number of phosphoric acid groups is 2. The number of hydrogen-bond acceptors (Lipinski definition) is 14. The predicted octanol–water partition coefficient (Wildman–Crippen LogP) is 20.1. The summed E-state index contributed by atoms with van der Waals surface area (Å²) in [5.74, 6) is -1.71. The molecule has 0 aromatic rings. The number of unbranched alkanes of at least 4 members (excludes halogenated alkanes) is 14. The van der Waals surface area contributed by atoms with Gasteiger partial charge in [-0.05, 0) is 135 Å². The van der Waals surface area contributed by atoms with Crippen LogP contribution in [0.1, 0.15) is 239 Å². The molecule has 0 amide bonds. The Morgan fingerprint density at radius 3 is 0.947 bits per heavy atom. The summed E-state index contributed by atoms with van der Waals surface area (Å²) in [6.07, 6.45) is 85.7. The second-order valence-corrected chi connectivity index (χ2v) is 25.8. The molecule has 5 unspecified atom stereocenters. The van der Waals surface area contributed by atoms with E-state index in [-0.39, 0.29) is 19.3 Å². The van der Waals surface area contributed by atoms with Crippen molar-refractivity contribution in [2.75, 3.05) is 39.6 Å². The second-order valence-electron chi connectivity index (χ2n) is 22.9. The van der Waals surface area contributed by atoms with Crippen LogP contribution in [-0.2, 0) is 55.8 Å². The van der Waals surface area contributed by atoms with Gasteiger partial charge in [-0.2, -0.15) is 0 Å². The summed E-state index contributed by atoms with van der Waals surface area (Å²) in [7, 11) is -9.82. The summed E-state index contributed by atoms with van der Waals surface area (Å²) in [6, 6.07) is 0. The van der Waals surface area contributed by atoms with Crippen molar-refractivity contribution in [1.82, 2.24) is 0 Å². The van der Waals surface area contributed by atoms with Gasteiger partial charge in [0.25, 0.3) is 0 Å². The van der Waals surface area contributed by atoms with Crippen molar-refractivity contribution in [2.45, 2.75) is 257 Å². The highest BCUT2D eigenvalue weighted by Gasteiger charge is 2.29. The smallest absolute Gasteiger partial charge is 0.463 e. The third-order valence-electron chi connectivity index (χ3n) is 13.9. The van der Waals surface area contributed by atoms with Crippen LogP contribution in [0.4, 0.5) is 0 Å². The van der Waals surface area contributed by atoms with E-state index in [1.54, 1.807) is 0 Å². The summed E-state index contributed by atoms with van der Waals surface area (Å²) < 4.78 is 60.8. The zero-order chi connectivity index (χ0) is 69.5. The van der Waals surface area contributed by atoms with Gasteiger partial charge in [0.2, 0.25) is 0 Å². The highest BCUT2D eigenvalue weighted by molar-refractivity contribution is 7.47. The Morgan fingerprint density at radius 2 is 0.579 bits per heavy atom. The van der Waals surface area contributed by atoms with Crippen LogP contribution in [0.3, 0.4) is 0 Å². The highest BCUT2D eigenvalue weighted by atomic mass is 31.2. The number of carbonyl (C=O) groups excluding carboxylic acids is 3. The lowest BCUT2D eigenvalue weighted by atomic mass is 10.1. The number of carbonyl (C=O) groups is 3. The lowest BCUT2D eigenvalue weighted by Crippen LogP contribution is -2.30. The maximum Gasteiger partial charge on any atom is 0.472 e. The van der Waals surface area contributed by atoms with Gasteiger partial charge >= 0.3 is 33.6 Å². The predicted molar refractivity (Wildman–Crippen MR) is 389 cm³/mol. The van der Waals surface area contributed by atoms with Crippen molar-refractivity contribution in [3.8, 4) is 0 Å². The van der Waals surface area contributed by atoms with Gasteiger partial charge in [0, 0.05) is 19.3 Å². The third-order valence-corrected chi connectivity index (χ3v) is 15.8. The largest absolute Gasteiger partial charge is 0.472 e. The molecule has 5 atom stereocenters. The Balaban J connectivity index is 4.63. The average molecular weight is 1370 g/mol. The Hall–Kier alpha value is -5.09. The van der Waals surface area contributed by atoms with Gasteiger partial charge in [0.15, 0.2) is 6.10 Å². The zero-order valence-electron chi connectivity index (χ0n) is 58.3. The van der Waals surface area contributed by atoms with E-state index in [2.05, 4.69) is 173 Å². The Labute approximate surface area is 573 Å². The van der Waals surface area contributed by atoms with Crippen LogP contribution >= 0.6 is 15.6 Å². The van der Waals surface area contributed by atoms with Gasteiger partial charge in [-0.15, -0.1) is 0 Å². The quantitative estimate of drug-likeness (QED) is 0.0146. The molecule has 4 N–H and O–H groups in total. The third kappa shape index (κ3) is 70.1. The Bertz CT molecular complexity index is 2410. The van der Waals surface area contributed by atoms with E-state index < -0.39 is 91.5 Å². The first-order valence-electron chi connectivity index (χ1n) is 35.4. The first-order valence-corrected chi connectivity index (χ1v) is 38.4. The van der Waals surface area contributed by atoms with Crippen LogP contribution in [0.2, 0.25) is 0 Å². The highest BCUT2D eigenvalue weighted by Crippen LogP contribution is 2.45. The van der Waals surface area contributed by atoms with Crippen LogP contribution in [0.5, 0.6) is 0 Å². The lowest BCUT2D eigenvalue weighted by Gasteiger charge is -2.21. The standard InChI is InChI=1S/C77H124O16P2/c1-4-7-10-13-16-19-22-25-27-29-31-32-33-34-35-36-37-38-40-42-43-46-48-51-54-57-60-63-75(80)87-66-72(78)67-89-94(83,84)90-68-73(79)69-91-95(85,86)92-71-74(93-77(82)65-62-59-56-53-50-45-24-21-18-15-12-9-6-3)70-88-76(81)64-61-58-55-52-49-47-44-41-39-30-28-26-23-20-17-14-11-8-5-2/h7-8,10-12,15-17,19-21,24-28,31-32,34-35,37-39,41,47,49,55,58,72-74,78-79H,4-6,9,13-14,18,22-23,29-30,33,36,40,42-46,48,50-54,56-57,59-71H2,1-3H3,(H,83,84)(H,85,86)/b10-7-,11-8-,15-12-,19-16-,20-17-,24-21-,27-25-,28-26-,32-31-,35-34-,38-37-,41-39-,49-47-,58-55-. The van der Waals surface area contributed by atoms with Gasteiger partial charge in [-0.3, -0.25) is 32.5 Å². The summed E-state index contributed by atoms with van der Waals surface area (Å²) >= 11 is 0. The molecular weight excluding hydrogens is 1240 g/mol. The maximum atomic E-state index is 12.9. The van der Waals surface area contributed by atoms with Crippen molar-refractivity contribution in [3.05, 3.63) is 170 Å². The fourth-order valence-corrected chi connectivity index (χ4v) is 10.2. The molecule has 0 radical (unpaired) electrons. The van der Waals surface area contributed by atoms with Crippen molar-refractivity contribution >= 4 is 33.6 Å². The van der Waals surface area contributed by atoms with Crippen LogP contribution in [0, 0.1) is 0 Å². The molecule has 0 aliphatic rings. The molecule has 0 rings (SSSR count). The first kappa shape index (κ1) is 89.9. The lowest BCUT2D eigenvalue weighted by molar-refractivity contribution is -0.161. The molecule has 0 aliphatic carbocycles. The fraction of sp³-hybridized carbons (Fsp3) is 0.597. The summed E-state index contributed by atoms with van der Waals surface area (Å²) in [5.41, 5.74) is 0. The van der Waals surface area contributed by atoms with Crippen LogP contribution in [0.25, 0.3) is 0 Å². The number of rotatable bonds is 65. The molecule has 0 fully saturated rings. The Morgan fingerprint density at radius 1 is 0.305 bits per heavy atom. The number of phosphoric ester groups is 2. The molecular formula is C77H124O16P2. The minimum atomic E-state index is -4.95. The van der Waals surface area contributed by atoms with E-state index in [1.165, 1.54) is 19.3 Å². The van der Waals surface area contributed by atoms with E-state index in [0.717, 1.165) is 154 Å². The number of ether oxygens (including phenoxy) is 3. The average Bonchev–Trinajstić information content (AvgIpc) is 1.81. The van der Waals surface area contributed by atoms with Crippen molar-refractivity contribution in [2.24, 2.45) is 0 Å². The van der Waals surface area contributed by atoms with Gasteiger partial charge in [-0.1, -0.05) is 255 Å². The fourth-order valence-electron chi connectivity index (χ4n) is 8.58. The molecule has 0 saturated heterocycles. The monoisotopic (exact) mass is 1370 g/mol. The number of esters is 3. The van der Waals surface area contributed by atoms with Gasteiger partial charge in [0.1, 0.15) is 25.4 Å². The SMILES string of the molecule is CC/C=C\C/C=C\C/C=C\C/C=C\C/C=C\C/C=C\CCCCCCCCCCC(=O)OCC(O)COP(=O)(O)OCC(O)COP(=O)(O)OCC(COC(=O)CC/C=C\C/C=C\C/C=C\C/C=C\C/C=C\C/C=C\CC)OC(=O)CCCCCCC/C=C\C/C=C\CCC. The molecule has 0 aromatic carbocycles. The maximum absolute atomic E-state index is 12.9. The molecule has 538 valence electrons. The van der Waals surface area contributed by atoms with E-state index in [4.69, 9.17) is 32.3 Å². The Kier molecular flexibility index (Phi) is 65.1. The number of hydrogen-bond donors (Lipinski definition) is 4. The molecule has 0 aliphatic heterocycles. The van der Waals surface area contributed by atoms with E-state index in [1.807, 2.05) is 18.2 Å². The van der Waals surface area contributed by atoms with Crippen LogP contribution in [-0.4, -0.2) is 95.9 Å². The molecule has 0 heterocycles. The molecule has 16 nitrogen and oxygen atoms in total. The number of allylic oxidation sites excluding steroid dienone is 28. The van der Waals surface area contributed by atoms with E-state index >= 15 is 0 Å². The normalized spacial score (nSPS) is 15.1. The minimum Gasteiger partial charge on any atom is -0.463 e. The second kappa shape index (κ2) is 68.8. The van der Waals surface area contributed by atoms with Crippen molar-refractivity contribution < 1.29 is 75.8 Å². The summed E-state index contributed by atoms with van der Waals surface area (Å²) in [6.45, 7) is 2.22. The molecule has 0 spiro atoms. The summed E-state index contributed by atoms with van der Waals surface area (Å²) in [4.78, 5) is 58.4. The minimum absolute atomic E-state index is 0.0362. The number of aliphatic hydroxyl groups excluding tert-OH is 2. The van der Waals surface area contributed by atoms with E-state index in [0.29, 0.717) is 25.7 Å². The summed E-state index contributed by atoms with van der Waals surface area (Å²) in [5, 5.41) is 20.6. The van der Waals surface area contributed by atoms with Crippen LogP contribution in [0.15, 0.2) is 170 Å². The van der Waals surface area contributed by atoms with Gasteiger partial charge < -0.3 is 34.2 Å². The van der Waals surface area contributed by atoms with E-state index in [9.17, 15) is 43.5 Å². The van der Waals surface area contributed by atoms with Crippen molar-refractivity contribution in [3.63, 3.8) is 0 Å². The molecule has 0 aromatic heterocycles. The number of aliphatic hydroxyl groups is 2. The molecule has 0 saturated carbocycles. The molecule has 18 heteroatoms.